The fourth-order valence-corrected chi connectivity index (χ4v) is 6.19. The van der Waals surface area contributed by atoms with Gasteiger partial charge in [-0.15, -0.1) is 0 Å². The minimum Gasteiger partial charge on any atom is -0.507 e. The minimum atomic E-state index is -1.97. The van der Waals surface area contributed by atoms with Crippen LogP contribution in [0.15, 0.2) is 30.3 Å². The smallest absolute Gasteiger partial charge is 0.308 e. The second-order valence-electron chi connectivity index (χ2n) is 13.3. The van der Waals surface area contributed by atoms with Crippen LogP contribution in [0.1, 0.15) is 55.1 Å². The largest absolute Gasteiger partial charge is 0.507 e. The number of aromatic hydroxyl groups is 2. The summed E-state index contributed by atoms with van der Waals surface area (Å²) in [6, 6.07) is 6.61. The van der Waals surface area contributed by atoms with Crippen molar-refractivity contribution in [1.29, 1.82) is 0 Å². The maximum Gasteiger partial charge on any atom is 0.308 e. The lowest BCUT2D eigenvalue weighted by Crippen LogP contribution is -2.64. The Hall–Kier alpha value is -4.31. The van der Waals surface area contributed by atoms with E-state index < -0.39 is 116 Å². The maximum absolute atomic E-state index is 13.2. The molecule has 0 amide bonds. The summed E-state index contributed by atoms with van der Waals surface area (Å²) in [6.07, 6.45) is -19.4. The van der Waals surface area contributed by atoms with E-state index in [2.05, 4.69) is 0 Å². The first-order valence-corrected chi connectivity index (χ1v) is 16.5. The molecule has 53 heavy (non-hydrogen) atoms. The van der Waals surface area contributed by atoms with Gasteiger partial charge in [0, 0.05) is 12.1 Å². The lowest BCUT2D eigenvalue weighted by molar-refractivity contribution is -0.354. The third kappa shape index (κ3) is 8.91. The van der Waals surface area contributed by atoms with Gasteiger partial charge in [-0.05, 0) is 31.5 Å². The van der Waals surface area contributed by atoms with Gasteiger partial charge in [-0.1, -0.05) is 6.07 Å². The van der Waals surface area contributed by atoms with Crippen LogP contribution in [0.5, 0.6) is 28.7 Å². The van der Waals surface area contributed by atoms with Crippen LogP contribution in [0, 0.1) is 0 Å². The number of carbonyl (C=O) groups excluding carboxylic acids is 2. The number of benzene rings is 2. The zero-order valence-electron chi connectivity index (χ0n) is 28.7. The average molecular weight is 755 g/mol. The summed E-state index contributed by atoms with van der Waals surface area (Å²) in [5.74, 6) is -3.87. The number of Topliss-reactive ketones (excluding diaryl/α,β-unsaturated/α-hetero) is 1. The molecule has 12 atom stereocenters. The first-order chi connectivity index (χ1) is 24.9. The van der Waals surface area contributed by atoms with Gasteiger partial charge in [-0.25, -0.2) is 0 Å². The van der Waals surface area contributed by atoms with E-state index in [-0.39, 0.29) is 35.0 Å². The van der Waals surface area contributed by atoms with Crippen LogP contribution in [0.3, 0.4) is 0 Å². The molecule has 2 aromatic rings. The number of carboxylic acids is 1. The van der Waals surface area contributed by atoms with Crippen LogP contribution in [0.25, 0.3) is 0 Å². The summed E-state index contributed by atoms with van der Waals surface area (Å²) >= 11 is 0. The van der Waals surface area contributed by atoms with Gasteiger partial charge < -0.3 is 79.1 Å². The van der Waals surface area contributed by atoms with Gasteiger partial charge >= 0.3 is 11.9 Å². The number of aliphatic hydroxyl groups excluding tert-OH is 5. The van der Waals surface area contributed by atoms with Crippen molar-refractivity contribution in [3.8, 4) is 28.7 Å². The number of ether oxygens (including phenoxy) is 7. The van der Waals surface area contributed by atoms with Crippen molar-refractivity contribution in [2.75, 3.05) is 13.7 Å². The highest BCUT2D eigenvalue weighted by atomic mass is 16.8. The molecule has 0 aromatic heterocycles. The van der Waals surface area contributed by atoms with Crippen LogP contribution >= 0.6 is 0 Å². The Balaban J connectivity index is 1.41. The topological polar surface area (TPSA) is 298 Å². The van der Waals surface area contributed by atoms with E-state index in [1.807, 2.05) is 0 Å². The Morgan fingerprint density at radius 3 is 2.30 bits per heavy atom. The van der Waals surface area contributed by atoms with Crippen LogP contribution in [-0.2, 0) is 28.5 Å². The second-order valence-corrected chi connectivity index (χ2v) is 13.3. The van der Waals surface area contributed by atoms with Gasteiger partial charge in [0.05, 0.1) is 38.1 Å². The van der Waals surface area contributed by atoms with E-state index >= 15 is 0 Å². The summed E-state index contributed by atoms with van der Waals surface area (Å²) in [7, 11) is 1.34. The lowest BCUT2D eigenvalue weighted by Gasteiger charge is -2.45. The predicted octanol–water partition coefficient (Wildman–Crippen LogP) is -0.990. The number of rotatable bonds is 12. The molecule has 0 unspecified atom stereocenters. The molecule has 3 heterocycles. The number of phenolic OH excluding ortho intramolecular Hbond substituents is 2. The zero-order valence-corrected chi connectivity index (χ0v) is 28.7. The number of aliphatic carboxylic acids is 1. The van der Waals surface area contributed by atoms with E-state index in [0.717, 1.165) is 13.0 Å². The highest BCUT2D eigenvalue weighted by Crippen LogP contribution is 2.44. The van der Waals surface area contributed by atoms with Crippen LogP contribution in [-0.4, -0.2) is 144 Å². The molecule has 0 radical (unpaired) electrons. The molecule has 3 aliphatic heterocycles. The van der Waals surface area contributed by atoms with E-state index in [1.54, 1.807) is 0 Å². The molecule has 0 aliphatic carbocycles. The molecule has 2 fully saturated rings. The Bertz CT molecular complexity index is 1660. The highest BCUT2D eigenvalue weighted by molar-refractivity contribution is 6.02. The van der Waals surface area contributed by atoms with Gasteiger partial charge in [-0.2, -0.15) is 0 Å². The van der Waals surface area contributed by atoms with Crippen molar-refractivity contribution in [2.45, 2.75) is 106 Å². The van der Waals surface area contributed by atoms with Crippen molar-refractivity contribution >= 4 is 17.7 Å². The number of esters is 1. The summed E-state index contributed by atoms with van der Waals surface area (Å²) in [6.45, 7) is 1.74. The van der Waals surface area contributed by atoms with E-state index in [1.165, 1.54) is 38.3 Å². The van der Waals surface area contributed by atoms with Gasteiger partial charge in [0.25, 0.3) is 0 Å². The molecule has 292 valence electrons. The number of phenols is 2. The van der Waals surface area contributed by atoms with Crippen molar-refractivity contribution in [1.82, 2.24) is 0 Å². The molecule has 5 rings (SSSR count). The van der Waals surface area contributed by atoms with Crippen molar-refractivity contribution in [3.63, 3.8) is 0 Å². The van der Waals surface area contributed by atoms with Gasteiger partial charge in [0.1, 0.15) is 72.1 Å². The molecule has 2 aromatic carbocycles. The quantitative estimate of drug-likeness (QED) is 0.118. The SMILES string of the molecule is COc1cc([C@@H]2CC(=O)c3c(O)cc(O[C@@H]4O[C@H](COC(=O)C[C@@](C)(O)CC(=O)O)[C@@H](O)[C@H](O)[C@H]4O[C@@H]4O[C@@H](C)[C@H](O)[C@@H](O)[C@H]4O)cc3O2)ccc1O. The zero-order chi connectivity index (χ0) is 38.9. The van der Waals surface area contributed by atoms with E-state index in [9.17, 15) is 55.2 Å². The molecule has 19 nitrogen and oxygen atoms in total. The molecule has 0 spiro atoms. The number of fused-ring (bicyclic) bond motifs is 1. The van der Waals surface area contributed by atoms with Crippen molar-refractivity contribution < 1.29 is 93.5 Å². The molecule has 19 heteroatoms. The van der Waals surface area contributed by atoms with Crippen LogP contribution in [0.4, 0.5) is 0 Å². The fourth-order valence-electron chi connectivity index (χ4n) is 6.19. The summed E-state index contributed by atoms with van der Waals surface area (Å²) in [5.41, 5.74) is -1.68. The number of hydrogen-bond acceptors (Lipinski definition) is 18. The predicted molar refractivity (Wildman–Crippen MR) is 172 cm³/mol. The minimum absolute atomic E-state index is 0.125. The number of ketones is 1. The number of hydrogen-bond donors (Lipinski definition) is 9. The Labute approximate surface area is 301 Å². The molecule has 3 aliphatic rings. The van der Waals surface area contributed by atoms with Crippen LogP contribution < -0.4 is 14.2 Å². The lowest BCUT2D eigenvalue weighted by atomic mass is 9.95. The standard InChI is InChI=1S/C34H42O19/c1-13-26(41)28(43)30(45)32(49-13)53-31-29(44)27(42)22(12-48-24(40)11-34(2,46)10-23(38)39)52-33(31)50-15-7-17(36)25-18(37)9-19(51-21(25)8-15)14-4-5-16(35)20(6-14)47-3/h4-8,13,19,22,26-33,35-36,41-46H,9-12H2,1-3H3,(H,38,39)/t13-,19-,22+,26-,27+,28+,29-,30+,31+,32-,33+,34-/m0/s1. The van der Waals surface area contributed by atoms with Crippen molar-refractivity contribution in [2.24, 2.45) is 0 Å². The average Bonchev–Trinajstić information content (AvgIpc) is 3.07. The number of carboxylic acid groups (broad SMARTS) is 1. The Kier molecular flexibility index (Phi) is 12.0. The summed E-state index contributed by atoms with van der Waals surface area (Å²) in [5, 5.41) is 93.3. The van der Waals surface area contributed by atoms with Crippen molar-refractivity contribution in [3.05, 3.63) is 41.5 Å². The normalized spacial score (nSPS) is 32.5. The number of methoxy groups -OCH3 is 1. The van der Waals surface area contributed by atoms with E-state index in [0.29, 0.717) is 5.56 Å². The highest BCUT2D eigenvalue weighted by Gasteiger charge is 2.51. The monoisotopic (exact) mass is 754 g/mol. The van der Waals surface area contributed by atoms with E-state index in [4.69, 9.17) is 38.3 Å². The first-order valence-electron chi connectivity index (χ1n) is 16.5. The molecular formula is C34H42O19. The molecule has 0 saturated carbocycles. The van der Waals surface area contributed by atoms with Gasteiger partial charge in [0.15, 0.2) is 29.7 Å². The molecule has 9 N–H and O–H groups in total. The second kappa shape index (κ2) is 16.0. The third-order valence-electron chi connectivity index (χ3n) is 9.01. The van der Waals surface area contributed by atoms with Crippen LogP contribution in [0.2, 0.25) is 0 Å². The first kappa shape index (κ1) is 39.9. The number of aliphatic hydroxyl groups is 6. The van der Waals surface area contributed by atoms with Gasteiger partial charge in [-0.3, -0.25) is 14.4 Å². The summed E-state index contributed by atoms with van der Waals surface area (Å²) < 4.78 is 39.4. The third-order valence-corrected chi connectivity index (χ3v) is 9.01. The molecule has 0 bridgehead atoms. The Morgan fingerprint density at radius 1 is 0.906 bits per heavy atom. The fraction of sp³-hybridized carbons (Fsp3) is 0.559. The Morgan fingerprint density at radius 2 is 1.62 bits per heavy atom. The maximum atomic E-state index is 13.2. The molecule has 2 saturated heterocycles. The van der Waals surface area contributed by atoms with Gasteiger partial charge in [0.2, 0.25) is 6.29 Å². The summed E-state index contributed by atoms with van der Waals surface area (Å²) in [4.78, 5) is 36.6. The molecular weight excluding hydrogens is 712 g/mol. The number of carbonyl (C=O) groups is 3.